The highest BCUT2D eigenvalue weighted by atomic mass is 16.3. The molecule has 1 aromatic carbocycles. The van der Waals surface area contributed by atoms with Gasteiger partial charge in [-0.05, 0) is 43.7 Å². The van der Waals surface area contributed by atoms with Crippen LogP contribution in [0.15, 0.2) is 53.2 Å². The summed E-state index contributed by atoms with van der Waals surface area (Å²) in [6.07, 6.45) is 2.92. The average molecular weight is 333 g/mol. The molecule has 1 unspecified atom stereocenters. The van der Waals surface area contributed by atoms with Gasteiger partial charge >= 0.3 is 0 Å². The monoisotopic (exact) mass is 333 g/mol. The van der Waals surface area contributed by atoms with Gasteiger partial charge in [0.2, 0.25) is 5.71 Å². The molecule has 0 N–H and O–H groups in total. The van der Waals surface area contributed by atoms with Gasteiger partial charge in [-0.15, -0.1) is 0 Å². The Balaban J connectivity index is 1.82. The lowest BCUT2D eigenvalue weighted by Crippen LogP contribution is -2.36. The lowest BCUT2D eigenvalue weighted by atomic mass is 10.1. The lowest BCUT2D eigenvalue weighted by Gasteiger charge is -2.28. The molecule has 5 heteroatoms. The fourth-order valence-corrected chi connectivity index (χ4v) is 3.61. The molecule has 124 valence electrons. The van der Waals surface area contributed by atoms with Crippen molar-refractivity contribution < 1.29 is 8.53 Å². The van der Waals surface area contributed by atoms with E-state index in [-0.39, 0.29) is 0 Å². The number of fused-ring (bicyclic) bond motifs is 4. The topological polar surface area (TPSA) is 45.4 Å². The van der Waals surface area contributed by atoms with Crippen LogP contribution in [0.1, 0.15) is 16.6 Å². The van der Waals surface area contributed by atoms with Crippen LogP contribution in [0.3, 0.4) is 0 Å². The van der Waals surface area contributed by atoms with Crippen molar-refractivity contribution in [3.8, 4) is 0 Å². The largest absolute Gasteiger partial charge is 0.435 e. The zero-order chi connectivity index (χ0) is 19.6. The second-order valence-electron chi connectivity index (χ2n) is 6.28. The zero-order valence-electron chi connectivity index (χ0n) is 16.9. The minimum Gasteiger partial charge on any atom is -0.435 e. The van der Waals surface area contributed by atoms with E-state index in [2.05, 4.69) is 9.97 Å². The Morgan fingerprint density at radius 2 is 1.92 bits per heavy atom. The molecule has 0 bridgehead atoms. The highest BCUT2D eigenvalue weighted by molar-refractivity contribution is 6.09. The molecule has 1 atom stereocenters. The Hall–Kier alpha value is -3.08. The molecule has 1 aliphatic rings. The maximum atomic E-state index is 8.02. The summed E-state index contributed by atoms with van der Waals surface area (Å²) in [6, 6.07) is 11.4. The summed E-state index contributed by atoms with van der Waals surface area (Å²) < 4.78 is 30.2. The number of rotatable bonds is 1. The van der Waals surface area contributed by atoms with E-state index >= 15 is 0 Å². The zero-order valence-corrected chi connectivity index (χ0v) is 13.9. The molecule has 0 radical (unpaired) electrons. The van der Waals surface area contributed by atoms with Crippen LogP contribution < -0.4 is 9.80 Å². The summed E-state index contributed by atoms with van der Waals surface area (Å²) in [4.78, 5) is 12.2. The highest BCUT2D eigenvalue weighted by Crippen LogP contribution is 2.46. The van der Waals surface area contributed by atoms with Crippen molar-refractivity contribution in [1.29, 1.82) is 0 Å². The minimum atomic E-state index is -2.29. The maximum absolute atomic E-state index is 8.02. The summed E-state index contributed by atoms with van der Waals surface area (Å²) >= 11 is 0. The van der Waals surface area contributed by atoms with Crippen molar-refractivity contribution in [2.75, 3.05) is 16.8 Å². The van der Waals surface area contributed by atoms with E-state index in [1.54, 1.807) is 24.5 Å². The number of aromatic nitrogens is 2. The van der Waals surface area contributed by atoms with Crippen LogP contribution in [0.2, 0.25) is 0 Å². The molecule has 4 heterocycles. The molecule has 25 heavy (non-hydrogen) atoms. The van der Waals surface area contributed by atoms with Gasteiger partial charge in [-0.3, -0.25) is 0 Å². The van der Waals surface area contributed by atoms with Gasteiger partial charge in [0.05, 0.1) is 11.4 Å². The first-order chi connectivity index (χ1) is 13.4. The van der Waals surface area contributed by atoms with Crippen molar-refractivity contribution in [1.82, 2.24) is 9.97 Å². The van der Waals surface area contributed by atoms with Crippen LogP contribution in [-0.4, -0.2) is 23.1 Å². The van der Waals surface area contributed by atoms with Crippen molar-refractivity contribution in [3.05, 3.63) is 54.4 Å². The first kappa shape index (κ1) is 11.5. The van der Waals surface area contributed by atoms with E-state index in [4.69, 9.17) is 8.53 Å². The first-order valence-corrected chi connectivity index (χ1v) is 8.18. The highest BCUT2D eigenvalue weighted by Gasteiger charge is 2.35. The van der Waals surface area contributed by atoms with Gasteiger partial charge in [0.1, 0.15) is 6.17 Å². The van der Waals surface area contributed by atoms with Crippen LogP contribution in [0.4, 0.5) is 17.2 Å². The minimum absolute atomic E-state index is 0.456. The van der Waals surface area contributed by atoms with Crippen LogP contribution in [0.5, 0.6) is 0 Å². The van der Waals surface area contributed by atoms with Crippen LogP contribution in [-0.2, 0) is 0 Å². The number of furan rings is 1. The Bertz CT molecular complexity index is 1220. The smallest absolute Gasteiger partial charge is 0.227 e. The quantitative estimate of drug-likeness (QED) is 0.509. The van der Waals surface area contributed by atoms with E-state index in [0.29, 0.717) is 22.8 Å². The van der Waals surface area contributed by atoms with Gasteiger partial charge in [0.25, 0.3) is 0 Å². The van der Waals surface area contributed by atoms with Gasteiger partial charge in [-0.1, -0.05) is 12.1 Å². The number of aryl methyl sites for hydroxylation is 1. The first-order valence-electron chi connectivity index (χ1n) is 9.68. The van der Waals surface area contributed by atoms with Crippen molar-refractivity contribution in [2.24, 2.45) is 0 Å². The Labute approximate surface area is 149 Å². The molecule has 0 saturated heterocycles. The molecular weight excluding hydrogens is 312 g/mol. The van der Waals surface area contributed by atoms with Gasteiger partial charge in [0, 0.05) is 34.3 Å². The molecule has 5 rings (SSSR count). The third-order valence-electron chi connectivity index (χ3n) is 4.84. The maximum Gasteiger partial charge on any atom is 0.227 e. The Morgan fingerprint density at radius 1 is 1.08 bits per heavy atom. The summed E-state index contributed by atoms with van der Waals surface area (Å²) in [6.45, 7) is 1.57. The molecule has 0 aliphatic carbocycles. The number of benzene rings is 1. The molecule has 4 aromatic rings. The van der Waals surface area contributed by atoms with Gasteiger partial charge in [0.15, 0.2) is 11.4 Å². The van der Waals surface area contributed by atoms with Gasteiger partial charge < -0.3 is 14.2 Å². The molecule has 0 spiro atoms. The van der Waals surface area contributed by atoms with E-state index in [0.717, 1.165) is 22.0 Å². The molecule has 5 nitrogen and oxygen atoms in total. The van der Waals surface area contributed by atoms with Gasteiger partial charge in [-0.2, -0.15) is 0 Å². The lowest BCUT2D eigenvalue weighted by molar-refractivity contribution is 0.648. The van der Waals surface area contributed by atoms with Crippen molar-refractivity contribution in [3.63, 3.8) is 0 Å². The molecule has 0 amide bonds. The Morgan fingerprint density at radius 3 is 2.80 bits per heavy atom. The van der Waals surface area contributed by atoms with Crippen molar-refractivity contribution in [2.45, 2.75) is 20.0 Å². The second-order valence-corrected chi connectivity index (χ2v) is 6.28. The third-order valence-corrected chi connectivity index (χ3v) is 4.84. The van der Waals surface area contributed by atoms with E-state index in [9.17, 15) is 0 Å². The molecular formula is C20H18N4O. The standard InChI is InChI=1S/C20H18N4O/c1-12-8-9-14-15-6-4-11-22-20(15)25-18(14)17(12)24-13(2)23(3)16-7-5-10-21-19(16)24/h4-11,13H,1-3H3/i3D3. The number of hydrogen-bond donors (Lipinski definition) is 0. The van der Waals surface area contributed by atoms with E-state index in [1.807, 2.05) is 43.0 Å². The van der Waals surface area contributed by atoms with Crippen LogP contribution in [0.25, 0.3) is 22.1 Å². The number of hydrogen-bond acceptors (Lipinski definition) is 5. The number of nitrogens with zero attached hydrogens (tertiary/aromatic N) is 4. The van der Waals surface area contributed by atoms with Crippen LogP contribution >= 0.6 is 0 Å². The predicted octanol–water partition coefficient (Wildman–Crippen LogP) is 4.62. The molecule has 3 aromatic heterocycles. The SMILES string of the molecule is [2H]C([2H])([2H])N1c2cccnc2N(c2c(C)ccc3c2oc2ncccc23)C1C. The second kappa shape index (κ2) is 4.96. The fraction of sp³-hybridized carbons (Fsp3) is 0.200. The fourth-order valence-electron chi connectivity index (χ4n) is 3.61. The molecule has 0 saturated carbocycles. The van der Waals surface area contributed by atoms with E-state index < -0.39 is 13.1 Å². The van der Waals surface area contributed by atoms with Gasteiger partial charge in [-0.25, -0.2) is 9.97 Å². The Kier molecular flexibility index (Phi) is 2.27. The van der Waals surface area contributed by atoms with Crippen LogP contribution in [0, 0.1) is 6.92 Å². The summed E-state index contributed by atoms with van der Waals surface area (Å²) in [5, 5.41) is 1.88. The van der Waals surface area contributed by atoms with E-state index in [1.165, 1.54) is 4.90 Å². The number of anilines is 3. The number of pyridine rings is 2. The molecule has 1 aliphatic heterocycles. The summed E-state index contributed by atoms with van der Waals surface area (Å²) in [5.74, 6) is 0.607. The summed E-state index contributed by atoms with van der Waals surface area (Å²) in [5.41, 5.74) is 3.62. The summed E-state index contributed by atoms with van der Waals surface area (Å²) in [7, 11) is 0. The molecule has 0 fully saturated rings. The van der Waals surface area contributed by atoms with Crippen molar-refractivity contribution >= 4 is 39.3 Å². The normalized spacial score (nSPS) is 19.1. The third kappa shape index (κ3) is 1.83. The predicted molar refractivity (Wildman–Crippen MR) is 100 cm³/mol. The average Bonchev–Trinajstić information content (AvgIpc) is 3.16.